The predicted octanol–water partition coefficient (Wildman–Crippen LogP) is 0.612. The molecule has 1 aromatic rings. The van der Waals surface area contributed by atoms with Gasteiger partial charge in [0.15, 0.2) is 17.1 Å². The second-order valence-electron chi connectivity index (χ2n) is 8.05. The average molecular weight is 420 g/mol. The summed E-state index contributed by atoms with van der Waals surface area (Å²) in [7, 11) is 0. The van der Waals surface area contributed by atoms with Crippen LogP contribution in [0.5, 0.6) is 5.75 Å². The third kappa shape index (κ3) is 3.79. The van der Waals surface area contributed by atoms with E-state index >= 15 is 0 Å². The molecule has 2 aliphatic rings. The van der Waals surface area contributed by atoms with Crippen LogP contribution in [0.15, 0.2) is 11.0 Å². The van der Waals surface area contributed by atoms with Crippen LogP contribution in [-0.4, -0.2) is 55.7 Å². The minimum Gasteiger partial charge on any atom is -0.503 e. The Balaban J connectivity index is 2.04. The fourth-order valence-corrected chi connectivity index (χ4v) is 4.17. The van der Waals surface area contributed by atoms with Crippen LogP contribution in [-0.2, 0) is 11.3 Å². The smallest absolute Gasteiger partial charge is 0.341 e. The van der Waals surface area contributed by atoms with Gasteiger partial charge in [0.25, 0.3) is 11.8 Å². The molecule has 164 valence electrons. The van der Waals surface area contributed by atoms with Crippen LogP contribution in [0.4, 0.5) is 0 Å². The van der Waals surface area contributed by atoms with Crippen LogP contribution in [0.2, 0.25) is 0 Å². The highest BCUT2D eigenvalue weighted by atomic mass is 16.4. The molecule has 3 rings (SSSR count). The molecule has 1 unspecified atom stereocenters. The van der Waals surface area contributed by atoms with E-state index in [-0.39, 0.29) is 24.8 Å². The summed E-state index contributed by atoms with van der Waals surface area (Å²) in [6, 6.07) is -0.0341. The molecule has 0 spiro atoms. The molecule has 0 saturated heterocycles. The number of hydrogen-bond acceptors (Lipinski definition) is 6. The zero-order valence-corrected chi connectivity index (χ0v) is 17.0. The number of hydrogen-bond donors (Lipinski definition) is 4. The monoisotopic (exact) mass is 420 g/mol. The zero-order valence-electron chi connectivity index (χ0n) is 17.0. The SMILES string of the molecule is CCCCN1C(=O)c2c(O)c(=O)c(C(=O)O)cn2CC1(N)C(=O)NC1CCCCC1. The second-order valence-corrected chi connectivity index (χ2v) is 8.05. The summed E-state index contributed by atoms with van der Waals surface area (Å²) in [6.07, 6.45) is 7.04. The molecule has 2 amide bonds. The van der Waals surface area contributed by atoms with Crippen molar-refractivity contribution in [2.45, 2.75) is 70.1 Å². The number of carbonyl (C=O) groups excluding carboxylic acids is 2. The molecule has 1 aromatic heterocycles. The quantitative estimate of drug-likeness (QED) is 0.525. The molecule has 0 bridgehead atoms. The van der Waals surface area contributed by atoms with E-state index in [0.717, 1.165) is 49.3 Å². The van der Waals surface area contributed by atoms with Crippen molar-refractivity contribution in [1.29, 1.82) is 0 Å². The number of nitrogens with one attached hydrogen (secondary N) is 1. The van der Waals surface area contributed by atoms with Crippen molar-refractivity contribution >= 4 is 17.8 Å². The molecule has 1 aliphatic heterocycles. The van der Waals surface area contributed by atoms with Gasteiger partial charge in [-0.15, -0.1) is 0 Å². The average Bonchev–Trinajstić information content (AvgIpc) is 2.70. The van der Waals surface area contributed by atoms with Gasteiger partial charge in [-0.25, -0.2) is 4.79 Å². The van der Waals surface area contributed by atoms with Gasteiger partial charge < -0.3 is 25.0 Å². The molecule has 1 saturated carbocycles. The first-order valence-corrected chi connectivity index (χ1v) is 10.3. The van der Waals surface area contributed by atoms with Crippen molar-refractivity contribution in [3.8, 4) is 5.75 Å². The Bertz CT molecular complexity index is 921. The first-order chi connectivity index (χ1) is 14.2. The number of fused-ring (bicyclic) bond motifs is 1. The van der Waals surface area contributed by atoms with Crippen LogP contribution in [0.25, 0.3) is 0 Å². The Morgan fingerprint density at radius 1 is 1.27 bits per heavy atom. The summed E-state index contributed by atoms with van der Waals surface area (Å²) in [5.74, 6) is -3.79. The Morgan fingerprint density at radius 2 is 1.93 bits per heavy atom. The molecule has 5 N–H and O–H groups in total. The number of carboxylic acid groups (broad SMARTS) is 1. The number of pyridine rings is 1. The molecule has 30 heavy (non-hydrogen) atoms. The highest BCUT2D eigenvalue weighted by Gasteiger charge is 2.49. The maximum atomic E-state index is 13.2. The lowest BCUT2D eigenvalue weighted by Gasteiger charge is -2.45. The Kier molecular flexibility index (Phi) is 6.16. The first kappa shape index (κ1) is 21.8. The minimum absolute atomic E-state index is 0.0341. The molecule has 1 atom stereocenters. The van der Waals surface area contributed by atoms with Crippen molar-refractivity contribution < 1.29 is 24.6 Å². The lowest BCUT2D eigenvalue weighted by atomic mass is 9.94. The fraction of sp³-hybridized carbons (Fsp3) is 0.600. The van der Waals surface area contributed by atoms with Gasteiger partial charge in [-0.1, -0.05) is 32.6 Å². The van der Waals surface area contributed by atoms with Gasteiger partial charge >= 0.3 is 5.97 Å². The van der Waals surface area contributed by atoms with E-state index in [2.05, 4.69) is 5.32 Å². The molecule has 1 aliphatic carbocycles. The molecule has 10 heteroatoms. The van der Waals surface area contributed by atoms with Gasteiger partial charge in [-0.05, 0) is 19.3 Å². The molecular weight excluding hydrogens is 392 g/mol. The number of carboxylic acids is 1. The number of aromatic nitrogens is 1. The minimum atomic E-state index is -1.77. The van der Waals surface area contributed by atoms with E-state index in [9.17, 15) is 29.4 Å². The number of unbranched alkanes of at least 4 members (excludes halogenated alkanes) is 1. The van der Waals surface area contributed by atoms with Crippen molar-refractivity contribution in [2.75, 3.05) is 6.54 Å². The van der Waals surface area contributed by atoms with Crippen molar-refractivity contribution in [3.63, 3.8) is 0 Å². The summed E-state index contributed by atoms with van der Waals surface area (Å²) in [5.41, 5.74) is 2.53. The van der Waals surface area contributed by atoms with Gasteiger partial charge in [-0.3, -0.25) is 20.1 Å². The number of nitrogens with two attached hydrogens (primary N) is 1. The summed E-state index contributed by atoms with van der Waals surface area (Å²) in [4.78, 5) is 51.1. The van der Waals surface area contributed by atoms with Crippen LogP contribution in [0.1, 0.15) is 72.7 Å². The van der Waals surface area contributed by atoms with E-state index in [0.29, 0.717) is 6.42 Å². The third-order valence-electron chi connectivity index (χ3n) is 5.90. The number of rotatable bonds is 6. The zero-order chi connectivity index (χ0) is 22.1. The standard InChI is InChI=1S/C20H28N4O6/c1-2-3-9-24-17(27)14-16(26)15(25)13(18(28)29)10-23(14)11-20(24,21)19(30)22-12-7-5-4-6-8-12/h10,12,26H,2-9,11,21H2,1H3,(H,22,30)(H,28,29). The summed E-state index contributed by atoms with van der Waals surface area (Å²) >= 11 is 0. The molecule has 2 heterocycles. The first-order valence-electron chi connectivity index (χ1n) is 10.3. The van der Waals surface area contributed by atoms with Gasteiger partial charge in [-0.2, -0.15) is 0 Å². The third-order valence-corrected chi connectivity index (χ3v) is 5.90. The predicted molar refractivity (Wildman–Crippen MR) is 107 cm³/mol. The lowest BCUT2D eigenvalue weighted by Crippen LogP contribution is -2.72. The normalized spacial score (nSPS) is 21.9. The van der Waals surface area contributed by atoms with Gasteiger partial charge in [0.1, 0.15) is 5.56 Å². The maximum absolute atomic E-state index is 13.2. The van der Waals surface area contributed by atoms with Gasteiger partial charge in [0, 0.05) is 18.8 Å². The van der Waals surface area contributed by atoms with Crippen molar-refractivity contribution in [1.82, 2.24) is 14.8 Å². The topological polar surface area (TPSA) is 155 Å². The second kappa shape index (κ2) is 8.47. The van der Waals surface area contributed by atoms with Crippen molar-refractivity contribution in [3.05, 3.63) is 27.7 Å². The highest BCUT2D eigenvalue weighted by molar-refractivity contribution is 6.02. The summed E-state index contributed by atoms with van der Waals surface area (Å²) < 4.78 is 1.10. The number of amides is 2. The summed E-state index contributed by atoms with van der Waals surface area (Å²) in [6.45, 7) is 1.81. The van der Waals surface area contributed by atoms with Crippen LogP contribution in [0, 0.1) is 0 Å². The van der Waals surface area contributed by atoms with Crippen LogP contribution in [0.3, 0.4) is 0 Å². The van der Waals surface area contributed by atoms with E-state index in [4.69, 9.17) is 5.73 Å². The van der Waals surface area contributed by atoms with E-state index in [1.54, 1.807) is 0 Å². The maximum Gasteiger partial charge on any atom is 0.341 e. The lowest BCUT2D eigenvalue weighted by molar-refractivity contribution is -0.134. The molecular formula is C20H28N4O6. The van der Waals surface area contributed by atoms with Gasteiger partial charge in [0.2, 0.25) is 5.43 Å². The molecule has 1 fully saturated rings. The number of carbonyl (C=O) groups is 3. The fourth-order valence-electron chi connectivity index (χ4n) is 4.17. The molecule has 0 radical (unpaired) electrons. The molecule has 0 aromatic carbocycles. The molecule has 10 nitrogen and oxygen atoms in total. The van der Waals surface area contributed by atoms with Crippen LogP contribution >= 0.6 is 0 Å². The largest absolute Gasteiger partial charge is 0.503 e. The van der Waals surface area contributed by atoms with E-state index in [1.807, 2.05) is 6.92 Å². The van der Waals surface area contributed by atoms with E-state index in [1.165, 1.54) is 4.90 Å². The van der Waals surface area contributed by atoms with Crippen molar-refractivity contribution in [2.24, 2.45) is 5.73 Å². The Hall–Kier alpha value is -2.88. The number of nitrogens with zero attached hydrogens (tertiary/aromatic N) is 2. The number of aromatic hydroxyl groups is 1. The van der Waals surface area contributed by atoms with Crippen LogP contribution < -0.4 is 16.5 Å². The summed E-state index contributed by atoms with van der Waals surface area (Å²) in [5, 5.41) is 22.5. The number of aromatic carboxylic acids is 1. The van der Waals surface area contributed by atoms with E-state index < -0.39 is 40.2 Å². The van der Waals surface area contributed by atoms with Gasteiger partial charge in [0.05, 0.1) is 6.54 Å². The Labute approximate surface area is 173 Å². The highest BCUT2D eigenvalue weighted by Crippen LogP contribution is 2.29. The Morgan fingerprint density at radius 3 is 2.53 bits per heavy atom.